The first-order chi connectivity index (χ1) is 10.2. The molecule has 21 heavy (non-hydrogen) atoms. The van der Waals surface area contributed by atoms with E-state index in [0.717, 1.165) is 11.4 Å². The fourth-order valence-electron chi connectivity index (χ4n) is 1.99. The monoisotopic (exact) mass is 305 g/mol. The largest absolute Gasteiger partial charge is 0.478 e. The van der Waals surface area contributed by atoms with E-state index in [1.165, 1.54) is 22.5 Å². The van der Waals surface area contributed by atoms with Gasteiger partial charge in [0.15, 0.2) is 0 Å². The van der Waals surface area contributed by atoms with Gasteiger partial charge < -0.3 is 15.2 Å². The first-order valence-corrected chi connectivity index (χ1v) is 7.74. The van der Waals surface area contributed by atoms with E-state index in [0.29, 0.717) is 25.3 Å². The van der Waals surface area contributed by atoms with Crippen LogP contribution in [-0.2, 0) is 24.4 Å². The number of carboxylic acid groups (broad SMARTS) is 1. The van der Waals surface area contributed by atoms with E-state index in [2.05, 4.69) is 17.4 Å². The molecule has 0 bridgehead atoms. The molecule has 1 heterocycles. The van der Waals surface area contributed by atoms with Crippen molar-refractivity contribution < 1.29 is 14.6 Å². The minimum atomic E-state index is -0.875. The molecule has 0 saturated heterocycles. The molecule has 5 heteroatoms. The minimum Gasteiger partial charge on any atom is -0.478 e. The number of hydrogen-bond donors (Lipinski definition) is 2. The van der Waals surface area contributed by atoms with Gasteiger partial charge in [0.2, 0.25) is 0 Å². The molecule has 0 aliphatic rings. The van der Waals surface area contributed by atoms with Gasteiger partial charge in [-0.25, -0.2) is 4.79 Å². The average Bonchev–Trinajstić information content (AvgIpc) is 2.95. The van der Waals surface area contributed by atoms with E-state index in [9.17, 15) is 4.79 Å². The SMILES string of the molecule is CCOCc1ccccc1CNCc1cc(C(=O)O)cs1. The van der Waals surface area contributed by atoms with Gasteiger partial charge in [-0.15, -0.1) is 11.3 Å². The fourth-order valence-corrected chi connectivity index (χ4v) is 2.82. The fraction of sp³-hybridized carbons (Fsp3) is 0.312. The van der Waals surface area contributed by atoms with E-state index in [-0.39, 0.29) is 0 Å². The van der Waals surface area contributed by atoms with Crippen molar-refractivity contribution in [3.8, 4) is 0 Å². The molecule has 112 valence electrons. The summed E-state index contributed by atoms with van der Waals surface area (Å²) in [5, 5.41) is 13.9. The average molecular weight is 305 g/mol. The van der Waals surface area contributed by atoms with Crippen molar-refractivity contribution in [3.05, 3.63) is 57.3 Å². The molecular weight excluding hydrogens is 286 g/mol. The molecule has 1 aromatic heterocycles. The molecule has 2 aromatic rings. The van der Waals surface area contributed by atoms with Gasteiger partial charge in [-0.3, -0.25) is 0 Å². The van der Waals surface area contributed by atoms with Crippen LogP contribution in [0, 0.1) is 0 Å². The van der Waals surface area contributed by atoms with Crippen molar-refractivity contribution >= 4 is 17.3 Å². The van der Waals surface area contributed by atoms with E-state index in [1.54, 1.807) is 11.4 Å². The van der Waals surface area contributed by atoms with Crippen LogP contribution in [0.15, 0.2) is 35.7 Å². The van der Waals surface area contributed by atoms with Gasteiger partial charge in [0.1, 0.15) is 0 Å². The third-order valence-corrected chi connectivity index (χ3v) is 4.03. The zero-order valence-electron chi connectivity index (χ0n) is 12.0. The normalized spacial score (nSPS) is 10.7. The molecular formula is C16H19NO3S. The zero-order chi connectivity index (χ0) is 15.1. The minimum absolute atomic E-state index is 0.355. The maximum absolute atomic E-state index is 10.8. The highest BCUT2D eigenvalue weighted by Crippen LogP contribution is 2.15. The summed E-state index contributed by atoms with van der Waals surface area (Å²) in [7, 11) is 0. The summed E-state index contributed by atoms with van der Waals surface area (Å²) >= 11 is 1.46. The quantitative estimate of drug-likeness (QED) is 0.786. The van der Waals surface area contributed by atoms with Gasteiger partial charge in [0, 0.05) is 30.0 Å². The topological polar surface area (TPSA) is 58.6 Å². The summed E-state index contributed by atoms with van der Waals surface area (Å²) in [6.07, 6.45) is 0. The maximum atomic E-state index is 10.8. The number of ether oxygens (including phenoxy) is 1. The molecule has 0 atom stereocenters. The number of carboxylic acids is 1. The Bertz CT molecular complexity index is 595. The molecule has 0 radical (unpaired) electrons. The molecule has 0 fully saturated rings. The van der Waals surface area contributed by atoms with Gasteiger partial charge >= 0.3 is 5.97 Å². The molecule has 0 saturated carbocycles. The van der Waals surface area contributed by atoms with Crippen molar-refractivity contribution in [1.29, 1.82) is 0 Å². The van der Waals surface area contributed by atoms with Crippen LogP contribution in [0.25, 0.3) is 0 Å². The molecule has 1 aromatic carbocycles. The van der Waals surface area contributed by atoms with Crippen molar-refractivity contribution in [2.75, 3.05) is 6.61 Å². The predicted octanol–water partition coefficient (Wildman–Crippen LogP) is 3.27. The number of rotatable bonds is 8. The van der Waals surface area contributed by atoms with Crippen LogP contribution in [0.2, 0.25) is 0 Å². The Morgan fingerprint density at radius 2 is 2.05 bits per heavy atom. The third-order valence-electron chi connectivity index (χ3n) is 3.10. The Balaban J connectivity index is 1.89. The first kappa shape index (κ1) is 15.7. The smallest absolute Gasteiger partial charge is 0.336 e. The van der Waals surface area contributed by atoms with Crippen LogP contribution in [-0.4, -0.2) is 17.7 Å². The number of benzene rings is 1. The molecule has 0 spiro atoms. The summed E-state index contributed by atoms with van der Waals surface area (Å²) < 4.78 is 5.46. The highest BCUT2D eigenvalue weighted by Gasteiger charge is 2.06. The summed E-state index contributed by atoms with van der Waals surface area (Å²) in [6.45, 7) is 4.72. The number of hydrogen-bond acceptors (Lipinski definition) is 4. The van der Waals surface area contributed by atoms with Crippen molar-refractivity contribution in [2.45, 2.75) is 26.6 Å². The second-order valence-corrected chi connectivity index (χ2v) is 5.61. The highest BCUT2D eigenvalue weighted by atomic mass is 32.1. The Morgan fingerprint density at radius 1 is 1.29 bits per heavy atom. The molecule has 0 unspecified atom stereocenters. The Kier molecular flexibility index (Phi) is 5.92. The zero-order valence-corrected chi connectivity index (χ0v) is 12.8. The lowest BCUT2D eigenvalue weighted by Gasteiger charge is -2.10. The molecule has 4 nitrogen and oxygen atoms in total. The second kappa shape index (κ2) is 7.93. The van der Waals surface area contributed by atoms with E-state index < -0.39 is 5.97 Å². The van der Waals surface area contributed by atoms with Crippen molar-refractivity contribution in [3.63, 3.8) is 0 Å². The Labute approximate surface area is 128 Å². The molecule has 2 rings (SSSR count). The molecule has 2 N–H and O–H groups in total. The first-order valence-electron chi connectivity index (χ1n) is 6.86. The van der Waals surface area contributed by atoms with Crippen molar-refractivity contribution in [2.24, 2.45) is 0 Å². The van der Waals surface area contributed by atoms with E-state index >= 15 is 0 Å². The van der Waals surface area contributed by atoms with Gasteiger partial charge in [-0.2, -0.15) is 0 Å². The van der Waals surface area contributed by atoms with E-state index in [1.807, 2.05) is 19.1 Å². The van der Waals surface area contributed by atoms with Gasteiger partial charge in [0.05, 0.1) is 12.2 Å². The third kappa shape index (κ3) is 4.67. The van der Waals surface area contributed by atoms with Crippen LogP contribution in [0.4, 0.5) is 0 Å². The molecule has 0 aliphatic carbocycles. The number of aromatic carboxylic acids is 1. The van der Waals surface area contributed by atoms with E-state index in [4.69, 9.17) is 9.84 Å². The number of nitrogens with one attached hydrogen (secondary N) is 1. The van der Waals surface area contributed by atoms with Crippen LogP contribution >= 0.6 is 11.3 Å². The Morgan fingerprint density at radius 3 is 2.71 bits per heavy atom. The molecule has 0 amide bonds. The van der Waals surface area contributed by atoms with Gasteiger partial charge in [0.25, 0.3) is 0 Å². The summed E-state index contributed by atoms with van der Waals surface area (Å²) in [5.41, 5.74) is 2.75. The lowest BCUT2D eigenvalue weighted by atomic mass is 10.1. The van der Waals surface area contributed by atoms with Gasteiger partial charge in [-0.05, 0) is 24.1 Å². The van der Waals surface area contributed by atoms with Crippen molar-refractivity contribution in [1.82, 2.24) is 5.32 Å². The summed E-state index contributed by atoms with van der Waals surface area (Å²) in [4.78, 5) is 11.8. The number of thiophene rings is 1. The standard InChI is InChI=1S/C16H19NO3S/c1-2-20-10-13-6-4-3-5-12(13)8-17-9-15-7-14(11-21-15)16(18)19/h3-7,11,17H,2,8-10H2,1H3,(H,18,19). The second-order valence-electron chi connectivity index (χ2n) is 4.62. The predicted molar refractivity (Wildman–Crippen MR) is 83.6 cm³/mol. The summed E-state index contributed by atoms with van der Waals surface area (Å²) in [5.74, 6) is -0.875. The van der Waals surface area contributed by atoms with Crippen LogP contribution < -0.4 is 5.32 Å². The Hall–Kier alpha value is -1.69. The molecule has 0 aliphatic heterocycles. The highest BCUT2D eigenvalue weighted by molar-refractivity contribution is 7.10. The van der Waals surface area contributed by atoms with Crippen LogP contribution in [0.5, 0.6) is 0 Å². The number of carbonyl (C=O) groups is 1. The lowest BCUT2D eigenvalue weighted by molar-refractivity contribution is 0.0697. The summed E-state index contributed by atoms with van der Waals surface area (Å²) in [6, 6.07) is 9.89. The van der Waals surface area contributed by atoms with Gasteiger partial charge in [-0.1, -0.05) is 24.3 Å². The van der Waals surface area contributed by atoms with Crippen LogP contribution in [0.3, 0.4) is 0 Å². The maximum Gasteiger partial charge on any atom is 0.336 e. The lowest BCUT2D eigenvalue weighted by Crippen LogP contribution is -2.13. The van der Waals surface area contributed by atoms with Crippen LogP contribution in [0.1, 0.15) is 33.3 Å².